The van der Waals surface area contributed by atoms with Crippen molar-refractivity contribution >= 4 is 5.91 Å². The fourth-order valence-electron chi connectivity index (χ4n) is 2.96. The molecule has 3 rings (SSSR count). The fraction of sp³-hybridized carbons (Fsp3) is 0.529. The molecule has 1 N–H and O–H groups in total. The number of aryl methyl sites for hydroxylation is 1. The standard InChI is InChI=1S/C17H23N5O2/c1-13(12-22-9-4-14(2)21-22)15(23)20-17(5-10-24-11-6-17)16-18-7-3-8-19-16/h3-4,7-9,13H,5-6,10-12H2,1-2H3,(H,20,23). The molecular formula is C17H23N5O2. The third kappa shape index (κ3) is 3.62. The van der Waals surface area contributed by atoms with Crippen LogP contribution in [0, 0.1) is 12.8 Å². The van der Waals surface area contributed by atoms with Gasteiger partial charge in [0, 0.05) is 44.6 Å². The molecule has 2 aromatic heterocycles. The van der Waals surface area contributed by atoms with Crippen LogP contribution in [0.25, 0.3) is 0 Å². The van der Waals surface area contributed by atoms with Crippen LogP contribution in [0.1, 0.15) is 31.3 Å². The predicted octanol–water partition coefficient (Wildman–Crippen LogP) is 1.44. The number of hydrogen-bond donors (Lipinski definition) is 1. The van der Waals surface area contributed by atoms with E-state index in [0.29, 0.717) is 38.4 Å². The second kappa shape index (κ2) is 7.09. The number of aromatic nitrogens is 4. The lowest BCUT2D eigenvalue weighted by Gasteiger charge is -2.37. The molecule has 2 aromatic rings. The SMILES string of the molecule is Cc1ccn(CC(C)C(=O)NC2(c3ncccn3)CCOCC2)n1. The third-order valence-electron chi connectivity index (χ3n) is 4.39. The molecule has 1 aliphatic heterocycles. The number of carbonyl (C=O) groups is 1. The van der Waals surface area contributed by atoms with Gasteiger partial charge in [0.1, 0.15) is 5.54 Å². The molecule has 1 fully saturated rings. The van der Waals surface area contributed by atoms with Crippen molar-refractivity contribution < 1.29 is 9.53 Å². The maximum absolute atomic E-state index is 12.8. The second-order valence-corrected chi connectivity index (χ2v) is 6.34. The molecular weight excluding hydrogens is 306 g/mol. The van der Waals surface area contributed by atoms with Crippen molar-refractivity contribution in [3.63, 3.8) is 0 Å². The Bertz CT molecular complexity index is 679. The van der Waals surface area contributed by atoms with Gasteiger partial charge in [-0.3, -0.25) is 9.48 Å². The van der Waals surface area contributed by atoms with Crippen molar-refractivity contribution in [3.8, 4) is 0 Å². The van der Waals surface area contributed by atoms with E-state index >= 15 is 0 Å². The van der Waals surface area contributed by atoms with E-state index in [4.69, 9.17) is 4.74 Å². The van der Waals surface area contributed by atoms with Gasteiger partial charge in [-0.25, -0.2) is 9.97 Å². The molecule has 7 nitrogen and oxygen atoms in total. The Labute approximate surface area is 141 Å². The van der Waals surface area contributed by atoms with E-state index in [0.717, 1.165) is 5.69 Å². The van der Waals surface area contributed by atoms with Crippen LogP contribution in [0.2, 0.25) is 0 Å². The molecule has 1 amide bonds. The zero-order valence-electron chi connectivity index (χ0n) is 14.1. The Balaban J connectivity index is 1.73. The number of nitrogens with one attached hydrogen (secondary N) is 1. The summed E-state index contributed by atoms with van der Waals surface area (Å²) in [5.74, 6) is 0.439. The van der Waals surface area contributed by atoms with Crippen LogP contribution in [-0.2, 0) is 21.6 Å². The summed E-state index contributed by atoms with van der Waals surface area (Å²) in [6.07, 6.45) is 6.67. The summed E-state index contributed by atoms with van der Waals surface area (Å²) >= 11 is 0. The minimum Gasteiger partial charge on any atom is -0.381 e. The molecule has 1 saturated heterocycles. The highest BCUT2D eigenvalue weighted by molar-refractivity contribution is 5.79. The van der Waals surface area contributed by atoms with Gasteiger partial charge in [-0.1, -0.05) is 6.92 Å². The van der Waals surface area contributed by atoms with Gasteiger partial charge in [0.2, 0.25) is 5.91 Å². The number of rotatable bonds is 5. The smallest absolute Gasteiger partial charge is 0.225 e. The predicted molar refractivity (Wildman–Crippen MR) is 88.0 cm³/mol. The van der Waals surface area contributed by atoms with E-state index in [1.165, 1.54) is 0 Å². The van der Waals surface area contributed by atoms with Gasteiger partial charge >= 0.3 is 0 Å². The van der Waals surface area contributed by atoms with Crippen molar-refractivity contribution in [2.24, 2.45) is 5.92 Å². The molecule has 1 atom stereocenters. The van der Waals surface area contributed by atoms with E-state index in [9.17, 15) is 4.79 Å². The maximum atomic E-state index is 12.8. The molecule has 0 spiro atoms. The Kier molecular flexibility index (Phi) is 4.89. The molecule has 0 saturated carbocycles. The van der Waals surface area contributed by atoms with E-state index in [-0.39, 0.29) is 11.8 Å². The molecule has 24 heavy (non-hydrogen) atoms. The van der Waals surface area contributed by atoms with Crippen molar-refractivity contribution in [2.45, 2.75) is 38.8 Å². The highest BCUT2D eigenvalue weighted by atomic mass is 16.5. The molecule has 1 aliphatic rings. The van der Waals surface area contributed by atoms with Crippen LogP contribution in [-0.4, -0.2) is 38.9 Å². The topological polar surface area (TPSA) is 81.9 Å². The van der Waals surface area contributed by atoms with Crippen LogP contribution >= 0.6 is 0 Å². The summed E-state index contributed by atoms with van der Waals surface area (Å²) in [5, 5.41) is 7.54. The first-order valence-electron chi connectivity index (χ1n) is 8.26. The first kappa shape index (κ1) is 16.6. The molecule has 128 valence electrons. The molecule has 0 radical (unpaired) electrons. The number of carbonyl (C=O) groups excluding carboxylic acids is 1. The number of amides is 1. The summed E-state index contributed by atoms with van der Waals surface area (Å²) in [6.45, 7) is 5.56. The van der Waals surface area contributed by atoms with Crippen molar-refractivity contribution in [3.05, 3.63) is 42.2 Å². The molecule has 1 unspecified atom stereocenters. The van der Waals surface area contributed by atoms with Gasteiger partial charge < -0.3 is 10.1 Å². The second-order valence-electron chi connectivity index (χ2n) is 6.34. The summed E-state index contributed by atoms with van der Waals surface area (Å²) in [7, 11) is 0. The monoisotopic (exact) mass is 329 g/mol. The normalized spacial score (nSPS) is 18.1. The van der Waals surface area contributed by atoms with Crippen LogP contribution in [0.3, 0.4) is 0 Å². The van der Waals surface area contributed by atoms with Crippen LogP contribution < -0.4 is 5.32 Å². The van der Waals surface area contributed by atoms with E-state index in [1.807, 2.05) is 26.1 Å². The zero-order chi connectivity index (χ0) is 17.0. The highest BCUT2D eigenvalue weighted by Crippen LogP contribution is 2.30. The van der Waals surface area contributed by atoms with Crippen LogP contribution in [0.15, 0.2) is 30.7 Å². The lowest BCUT2D eigenvalue weighted by molar-refractivity contribution is -0.128. The maximum Gasteiger partial charge on any atom is 0.225 e. The Morgan fingerprint density at radius 3 is 2.71 bits per heavy atom. The van der Waals surface area contributed by atoms with Crippen LogP contribution in [0.4, 0.5) is 0 Å². The average Bonchev–Trinajstić information content (AvgIpc) is 3.01. The van der Waals surface area contributed by atoms with Gasteiger partial charge in [-0.2, -0.15) is 5.10 Å². The van der Waals surface area contributed by atoms with E-state index in [1.54, 1.807) is 23.1 Å². The molecule has 7 heteroatoms. The third-order valence-corrected chi connectivity index (χ3v) is 4.39. The van der Waals surface area contributed by atoms with Gasteiger partial charge in [0.15, 0.2) is 5.82 Å². The number of nitrogens with zero attached hydrogens (tertiary/aromatic N) is 4. The van der Waals surface area contributed by atoms with E-state index < -0.39 is 5.54 Å². The van der Waals surface area contributed by atoms with Gasteiger partial charge in [0.05, 0.1) is 18.2 Å². The Morgan fingerprint density at radius 2 is 2.08 bits per heavy atom. The van der Waals surface area contributed by atoms with Gasteiger partial charge in [-0.15, -0.1) is 0 Å². The van der Waals surface area contributed by atoms with Crippen molar-refractivity contribution in [1.82, 2.24) is 25.1 Å². The molecule has 0 bridgehead atoms. The van der Waals surface area contributed by atoms with Crippen molar-refractivity contribution in [1.29, 1.82) is 0 Å². The van der Waals surface area contributed by atoms with Gasteiger partial charge in [-0.05, 0) is 19.1 Å². The quantitative estimate of drug-likeness (QED) is 0.897. The minimum absolute atomic E-state index is 0.0162. The summed E-state index contributed by atoms with van der Waals surface area (Å²) in [4.78, 5) is 21.5. The Hall–Kier alpha value is -2.28. The Morgan fingerprint density at radius 1 is 1.38 bits per heavy atom. The largest absolute Gasteiger partial charge is 0.381 e. The fourth-order valence-corrected chi connectivity index (χ4v) is 2.96. The number of ether oxygens (including phenoxy) is 1. The lowest BCUT2D eigenvalue weighted by Crippen LogP contribution is -2.52. The lowest BCUT2D eigenvalue weighted by atomic mass is 9.88. The first-order valence-corrected chi connectivity index (χ1v) is 8.26. The van der Waals surface area contributed by atoms with Crippen molar-refractivity contribution in [2.75, 3.05) is 13.2 Å². The summed E-state index contributed by atoms with van der Waals surface area (Å²) < 4.78 is 7.27. The minimum atomic E-state index is -0.551. The molecule has 0 aromatic carbocycles. The highest BCUT2D eigenvalue weighted by Gasteiger charge is 2.39. The number of hydrogen-bond acceptors (Lipinski definition) is 5. The van der Waals surface area contributed by atoms with Gasteiger partial charge in [0.25, 0.3) is 0 Å². The average molecular weight is 329 g/mol. The zero-order valence-corrected chi connectivity index (χ0v) is 14.1. The first-order chi connectivity index (χ1) is 11.6. The summed E-state index contributed by atoms with van der Waals surface area (Å²) in [6, 6.07) is 3.71. The van der Waals surface area contributed by atoms with Crippen LogP contribution in [0.5, 0.6) is 0 Å². The molecule has 0 aliphatic carbocycles. The molecule has 3 heterocycles. The van der Waals surface area contributed by atoms with E-state index in [2.05, 4.69) is 20.4 Å². The summed E-state index contributed by atoms with van der Waals surface area (Å²) in [5.41, 5.74) is 0.395.